The maximum absolute atomic E-state index is 4.78. The maximum atomic E-state index is 4.78. The lowest BCUT2D eigenvalue weighted by Gasteiger charge is -1.99. The fraction of sp³-hybridized carbons (Fsp3) is 0.333. The van der Waals surface area contributed by atoms with E-state index < -0.39 is 0 Å². The molecule has 0 spiro atoms. The van der Waals surface area contributed by atoms with Crippen molar-refractivity contribution < 1.29 is 4.84 Å². The minimum atomic E-state index is 0.881. The maximum Gasteiger partial charge on any atom is 0.0572 e. The molecular formula is C12H16N2O. The van der Waals surface area contributed by atoms with Gasteiger partial charge in [0.05, 0.1) is 7.11 Å². The summed E-state index contributed by atoms with van der Waals surface area (Å²) >= 11 is 0. The van der Waals surface area contributed by atoms with Crippen LogP contribution in [0.25, 0.3) is 10.9 Å². The Kier molecular flexibility index (Phi) is 3.37. The second-order valence-electron chi connectivity index (χ2n) is 3.58. The SMILES string of the molecule is CONCCCc1cc2ccccc2[nH]1. The van der Waals surface area contributed by atoms with Gasteiger partial charge in [0.2, 0.25) is 0 Å². The largest absolute Gasteiger partial charge is 0.358 e. The van der Waals surface area contributed by atoms with E-state index in [1.54, 1.807) is 7.11 Å². The van der Waals surface area contributed by atoms with Crippen molar-refractivity contribution in [1.82, 2.24) is 10.5 Å². The molecule has 0 saturated heterocycles. The van der Waals surface area contributed by atoms with Crippen molar-refractivity contribution in [1.29, 1.82) is 0 Å². The van der Waals surface area contributed by atoms with Gasteiger partial charge in [-0.25, -0.2) is 5.48 Å². The van der Waals surface area contributed by atoms with Crippen LogP contribution in [0.4, 0.5) is 0 Å². The average Bonchev–Trinajstić information content (AvgIpc) is 2.67. The molecule has 15 heavy (non-hydrogen) atoms. The normalized spacial score (nSPS) is 11.0. The molecule has 1 heterocycles. The third kappa shape index (κ3) is 2.58. The molecule has 1 aromatic heterocycles. The van der Waals surface area contributed by atoms with Crippen molar-refractivity contribution >= 4 is 10.9 Å². The van der Waals surface area contributed by atoms with Crippen LogP contribution in [0.15, 0.2) is 30.3 Å². The highest BCUT2D eigenvalue weighted by Gasteiger charge is 1.99. The molecule has 0 aliphatic rings. The van der Waals surface area contributed by atoms with Crippen LogP contribution in [0.1, 0.15) is 12.1 Å². The van der Waals surface area contributed by atoms with E-state index in [1.165, 1.54) is 16.6 Å². The lowest BCUT2D eigenvalue weighted by Crippen LogP contribution is -2.13. The Hall–Kier alpha value is -1.32. The summed E-state index contributed by atoms with van der Waals surface area (Å²) in [4.78, 5) is 8.18. The van der Waals surface area contributed by atoms with Gasteiger partial charge in [0.1, 0.15) is 0 Å². The molecule has 2 rings (SSSR count). The highest BCUT2D eigenvalue weighted by molar-refractivity contribution is 5.80. The van der Waals surface area contributed by atoms with Gasteiger partial charge in [0.25, 0.3) is 0 Å². The number of H-pyrrole nitrogens is 1. The van der Waals surface area contributed by atoms with E-state index in [0.29, 0.717) is 0 Å². The van der Waals surface area contributed by atoms with Gasteiger partial charge in [-0.1, -0.05) is 18.2 Å². The molecular weight excluding hydrogens is 188 g/mol. The van der Waals surface area contributed by atoms with Crippen molar-refractivity contribution in [3.63, 3.8) is 0 Å². The molecule has 3 heteroatoms. The fourth-order valence-electron chi connectivity index (χ4n) is 1.72. The van der Waals surface area contributed by atoms with E-state index in [0.717, 1.165) is 19.4 Å². The Balaban J connectivity index is 1.97. The van der Waals surface area contributed by atoms with E-state index in [9.17, 15) is 0 Å². The first-order chi connectivity index (χ1) is 7.40. The quantitative estimate of drug-likeness (QED) is 0.579. The second kappa shape index (κ2) is 4.96. The predicted octanol–water partition coefficient (Wildman–Crippen LogP) is 2.25. The summed E-state index contributed by atoms with van der Waals surface area (Å²) in [7, 11) is 1.64. The van der Waals surface area contributed by atoms with Gasteiger partial charge in [0.15, 0.2) is 0 Å². The van der Waals surface area contributed by atoms with Crippen molar-refractivity contribution in [3.8, 4) is 0 Å². The first kappa shape index (κ1) is 10.2. The zero-order valence-electron chi connectivity index (χ0n) is 8.92. The number of aromatic amines is 1. The number of para-hydroxylation sites is 1. The Morgan fingerprint density at radius 2 is 2.20 bits per heavy atom. The number of hydrogen-bond acceptors (Lipinski definition) is 2. The molecule has 3 nitrogen and oxygen atoms in total. The Labute approximate surface area is 89.4 Å². The van der Waals surface area contributed by atoms with E-state index in [2.05, 4.69) is 40.8 Å². The van der Waals surface area contributed by atoms with Crippen LogP contribution in [-0.2, 0) is 11.3 Å². The number of benzene rings is 1. The minimum absolute atomic E-state index is 0.881. The van der Waals surface area contributed by atoms with Crippen LogP contribution >= 0.6 is 0 Å². The van der Waals surface area contributed by atoms with Crippen LogP contribution in [0.3, 0.4) is 0 Å². The van der Waals surface area contributed by atoms with Crippen LogP contribution < -0.4 is 5.48 Å². The number of aromatic nitrogens is 1. The van der Waals surface area contributed by atoms with Crippen LogP contribution in [0, 0.1) is 0 Å². The third-order valence-electron chi connectivity index (χ3n) is 2.46. The van der Waals surface area contributed by atoms with E-state index >= 15 is 0 Å². The van der Waals surface area contributed by atoms with Crippen molar-refractivity contribution in [2.24, 2.45) is 0 Å². The van der Waals surface area contributed by atoms with Gasteiger partial charge in [-0.2, -0.15) is 0 Å². The molecule has 1 aromatic carbocycles. The molecule has 2 N–H and O–H groups in total. The zero-order valence-corrected chi connectivity index (χ0v) is 8.92. The van der Waals surface area contributed by atoms with E-state index in [-0.39, 0.29) is 0 Å². The van der Waals surface area contributed by atoms with Gasteiger partial charge in [-0.3, -0.25) is 0 Å². The Bertz CT molecular complexity index is 389. The standard InChI is InChI=1S/C12H16N2O/c1-15-13-8-4-6-11-9-10-5-2-3-7-12(10)14-11/h2-3,5,7,9,13-14H,4,6,8H2,1H3. The van der Waals surface area contributed by atoms with Gasteiger partial charge < -0.3 is 9.82 Å². The van der Waals surface area contributed by atoms with Gasteiger partial charge in [-0.05, 0) is 30.4 Å². The molecule has 0 amide bonds. The van der Waals surface area contributed by atoms with Gasteiger partial charge in [-0.15, -0.1) is 0 Å². The Morgan fingerprint density at radius 3 is 3.00 bits per heavy atom. The molecule has 0 saturated carbocycles. The van der Waals surface area contributed by atoms with Crippen LogP contribution in [0.2, 0.25) is 0 Å². The summed E-state index contributed by atoms with van der Waals surface area (Å²) in [5.74, 6) is 0. The Morgan fingerprint density at radius 1 is 1.33 bits per heavy atom. The van der Waals surface area contributed by atoms with Crippen molar-refractivity contribution in [3.05, 3.63) is 36.0 Å². The topological polar surface area (TPSA) is 37.0 Å². The summed E-state index contributed by atoms with van der Waals surface area (Å²) in [6.45, 7) is 0.881. The zero-order chi connectivity index (χ0) is 10.5. The molecule has 2 aromatic rings. The summed E-state index contributed by atoms with van der Waals surface area (Å²) in [6, 6.07) is 10.6. The summed E-state index contributed by atoms with van der Waals surface area (Å²) < 4.78 is 0. The van der Waals surface area contributed by atoms with Gasteiger partial charge >= 0.3 is 0 Å². The summed E-state index contributed by atoms with van der Waals surface area (Å²) in [5.41, 5.74) is 5.34. The number of rotatable bonds is 5. The molecule has 0 radical (unpaired) electrons. The molecule has 0 fully saturated rings. The first-order valence-corrected chi connectivity index (χ1v) is 5.22. The monoisotopic (exact) mass is 204 g/mol. The number of hydroxylamine groups is 1. The lowest BCUT2D eigenvalue weighted by atomic mass is 10.2. The highest BCUT2D eigenvalue weighted by atomic mass is 16.6. The number of hydrogen-bond donors (Lipinski definition) is 2. The fourth-order valence-corrected chi connectivity index (χ4v) is 1.72. The molecule has 0 aliphatic carbocycles. The van der Waals surface area contributed by atoms with Crippen molar-refractivity contribution in [2.75, 3.05) is 13.7 Å². The second-order valence-corrected chi connectivity index (χ2v) is 3.58. The van der Waals surface area contributed by atoms with E-state index in [4.69, 9.17) is 4.84 Å². The molecule has 0 atom stereocenters. The third-order valence-corrected chi connectivity index (χ3v) is 2.46. The number of fused-ring (bicyclic) bond motifs is 1. The number of aryl methyl sites for hydroxylation is 1. The summed E-state index contributed by atoms with van der Waals surface area (Å²) in [6.07, 6.45) is 2.12. The van der Waals surface area contributed by atoms with Crippen LogP contribution in [0.5, 0.6) is 0 Å². The predicted molar refractivity (Wildman–Crippen MR) is 61.6 cm³/mol. The van der Waals surface area contributed by atoms with E-state index in [1.807, 2.05) is 0 Å². The average molecular weight is 204 g/mol. The first-order valence-electron chi connectivity index (χ1n) is 5.22. The molecule has 0 aliphatic heterocycles. The number of nitrogens with one attached hydrogen (secondary N) is 2. The smallest absolute Gasteiger partial charge is 0.0572 e. The lowest BCUT2D eigenvalue weighted by molar-refractivity contribution is 0.0911. The summed E-state index contributed by atoms with van der Waals surface area (Å²) in [5, 5.41) is 1.28. The minimum Gasteiger partial charge on any atom is -0.358 e. The highest BCUT2D eigenvalue weighted by Crippen LogP contribution is 2.15. The van der Waals surface area contributed by atoms with Crippen molar-refractivity contribution in [2.45, 2.75) is 12.8 Å². The van der Waals surface area contributed by atoms with Gasteiger partial charge in [0, 0.05) is 17.8 Å². The van der Waals surface area contributed by atoms with Crippen LogP contribution in [-0.4, -0.2) is 18.6 Å². The molecule has 0 unspecified atom stereocenters. The molecule has 80 valence electrons. The molecule has 0 bridgehead atoms.